The average molecular weight is 497 g/mol. The summed E-state index contributed by atoms with van der Waals surface area (Å²) in [4.78, 5) is 28.8. The lowest BCUT2D eigenvalue weighted by Gasteiger charge is -2.33. The van der Waals surface area contributed by atoms with Gasteiger partial charge in [-0.2, -0.15) is 8.75 Å². The summed E-state index contributed by atoms with van der Waals surface area (Å²) in [6, 6.07) is 10.1. The molecule has 35 heavy (non-hydrogen) atoms. The number of rotatable bonds is 7. The van der Waals surface area contributed by atoms with E-state index >= 15 is 0 Å². The maximum atomic E-state index is 13.8. The first-order valence-corrected chi connectivity index (χ1v) is 12.3. The zero-order chi connectivity index (χ0) is 24.2. The van der Waals surface area contributed by atoms with Crippen molar-refractivity contribution in [2.75, 3.05) is 6.79 Å². The summed E-state index contributed by atoms with van der Waals surface area (Å²) in [5, 5.41) is 3.14. The topological polar surface area (TPSA) is 93.7 Å². The van der Waals surface area contributed by atoms with E-state index in [1.807, 2.05) is 6.07 Å². The fraction of sp³-hybridized carbons (Fsp3) is 0.360. The molecule has 1 atom stereocenters. The highest BCUT2D eigenvalue weighted by Crippen LogP contribution is 2.34. The smallest absolute Gasteiger partial charge is 0.276 e. The number of benzene rings is 2. The Morgan fingerprint density at radius 2 is 1.86 bits per heavy atom. The normalized spacial score (nSPS) is 16.0. The van der Waals surface area contributed by atoms with E-state index in [1.165, 1.54) is 23.2 Å². The quantitative estimate of drug-likeness (QED) is 0.526. The Balaban J connectivity index is 1.51. The molecule has 1 fully saturated rings. The lowest BCUT2D eigenvalue weighted by atomic mass is 9.94. The second-order valence-corrected chi connectivity index (χ2v) is 9.27. The van der Waals surface area contributed by atoms with Gasteiger partial charge in [0.1, 0.15) is 11.9 Å². The van der Waals surface area contributed by atoms with E-state index in [4.69, 9.17) is 9.47 Å². The van der Waals surface area contributed by atoms with E-state index < -0.39 is 17.8 Å². The molecule has 2 heterocycles. The van der Waals surface area contributed by atoms with Crippen molar-refractivity contribution < 1.29 is 23.5 Å². The van der Waals surface area contributed by atoms with Crippen LogP contribution in [0.25, 0.3) is 0 Å². The number of hydrogen-bond donors (Lipinski definition) is 1. The van der Waals surface area contributed by atoms with Gasteiger partial charge in [0.15, 0.2) is 17.2 Å². The number of nitrogens with one attached hydrogen (secondary N) is 1. The Bertz CT molecular complexity index is 1180. The second kappa shape index (κ2) is 10.4. The van der Waals surface area contributed by atoms with Gasteiger partial charge in [-0.05, 0) is 48.2 Å². The van der Waals surface area contributed by atoms with Gasteiger partial charge in [0.05, 0.1) is 17.9 Å². The van der Waals surface area contributed by atoms with Crippen molar-refractivity contribution in [3.63, 3.8) is 0 Å². The van der Waals surface area contributed by atoms with Crippen LogP contribution in [0.15, 0.2) is 48.7 Å². The Morgan fingerprint density at radius 3 is 2.60 bits per heavy atom. The molecule has 2 amide bonds. The third-order valence-electron chi connectivity index (χ3n) is 6.33. The average Bonchev–Trinajstić information content (AvgIpc) is 3.57. The summed E-state index contributed by atoms with van der Waals surface area (Å²) < 4.78 is 32.7. The lowest BCUT2D eigenvalue weighted by Crippen LogP contribution is -2.47. The third kappa shape index (κ3) is 5.27. The first-order chi connectivity index (χ1) is 17.1. The number of amides is 2. The van der Waals surface area contributed by atoms with Crippen LogP contribution in [-0.4, -0.2) is 38.3 Å². The van der Waals surface area contributed by atoms with Gasteiger partial charge < -0.3 is 19.7 Å². The van der Waals surface area contributed by atoms with Crippen molar-refractivity contribution >= 4 is 23.5 Å². The van der Waals surface area contributed by atoms with Gasteiger partial charge in [0.2, 0.25) is 12.7 Å². The molecular weight excluding hydrogens is 471 g/mol. The van der Waals surface area contributed by atoms with E-state index in [2.05, 4.69) is 14.1 Å². The minimum absolute atomic E-state index is 0.0441. The summed E-state index contributed by atoms with van der Waals surface area (Å²) in [7, 11) is 0. The second-order valence-electron chi connectivity index (χ2n) is 8.71. The molecule has 5 rings (SSSR count). The SMILES string of the molecule is O=C(NC1CCCCC1)[C@@H](c1ccc(F)cc1)N(Cc1ccc2c(c1)OCO2)C(=O)c1cnsn1. The molecule has 0 unspecified atom stereocenters. The Labute approximate surface area is 206 Å². The number of halogens is 1. The Kier molecular flexibility index (Phi) is 6.89. The summed E-state index contributed by atoms with van der Waals surface area (Å²) >= 11 is 0.920. The number of aromatic nitrogens is 2. The van der Waals surface area contributed by atoms with Crippen molar-refractivity contribution in [3.8, 4) is 11.5 Å². The number of carbonyl (C=O) groups is 2. The van der Waals surface area contributed by atoms with Gasteiger partial charge in [0, 0.05) is 12.6 Å². The molecule has 10 heteroatoms. The molecule has 3 aromatic rings. The van der Waals surface area contributed by atoms with Crippen LogP contribution in [0, 0.1) is 5.82 Å². The molecule has 1 N–H and O–H groups in total. The number of nitrogens with zero attached hydrogens (tertiary/aromatic N) is 3. The fourth-order valence-electron chi connectivity index (χ4n) is 4.57. The monoisotopic (exact) mass is 496 g/mol. The van der Waals surface area contributed by atoms with Crippen LogP contribution >= 0.6 is 11.7 Å². The molecule has 2 aliphatic rings. The zero-order valence-corrected chi connectivity index (χ0v) is 19.8. The first-order valence-electron chi connectivity index (χ1n) is 11.6. The molecule has 8 nitrogen and oxygen atoms in total. The van der Waals surface area contributed by atoms with Crippen LogP contribution in [0.1, 0.15) is 59.8 Å². The standard InChI is InChI=1S/C25H25FN4O4S/c26-18-9-7-17(8-10-18)23(24(31)28-19-4-2-1-3-5-19)30(25(32)20-13-27-35-29-20)14-16-6-11-21-22(12-16)34-15-33-21/h6-13,19,23H,1-5,14-15H2,(H,28,31)/t23-/m1/s1. The van der Waals surface area contributed by atoms with Crippen LogP contribution in [0.5, 0.6) is 11.5 Å². The largest absolute Gasteiger partial charge is 0.454 e. The number of hydrogen-bond acceptors (Lipinski definition) is 7. The summed E-state index contributed by atoms with van der Waals surface area (Å²) in [5.74, 6) is 0.0403. The van der Waals surface area contributed by atoms with Crippen molar-refractivity contribution in [1.29, 1.82) is 0 Å². The minimum Gasteiger partial charge on any atom is -0.454 e. The van der Waals surface area contributed by atoms with Gasteiger partial charge >= 0.3 is 0 Å². The molecule has 182 valence electrons. The summed E-state index contributed by atoms with van der Waals surface area (Å²) in [5.41, 5.74) is 1.41. The molecule has 0 spiro atoms. The van der Waals surface area contributed by atoms with Crippen LogP contribution < -0.4 is 14.8 Å². The highest BCUT2D eigenvalue weighted by molar-refractivity contribution is 6.99. The molecule has 1 saturated carbocycles. The van der Waals surface area contributed by atoms with Gasteiger partial charge in [-0.3, -0.25) is 9.59 Å². The molecule has 2 aromatic carbocycles. The van der Waals surface area contributed by atoms with Gasteiger partial charge in [-0.25, -0.2) is 4.39 Å². The minimum atomic E-state index is -0.989. The van der Waals surface area contributed by atoms with Gasteiger partial charge in [-0.15, -0.1) is 0 Å². The van der Waals surface area contributed by atoms with E-state index in [9.17, 15) is 14.0 Å². The van der Waals surface area contributed by atoms with Crippen LogP contribution in [0.2, 0.25) is 0 Å². The van der Waals surface area contributed by atoms with Crippen molar-refractivity contribution in [3.05, 3.63) is 71.3 Å². The number of carbonyl (C=O) groups excluding carboxylic acids is 2. The third-order valence-corrected chi connectivity index (χ3v) is 6.81. The molecule has 1 aromatic heterocycles. The predicted molar refractivity (Wildman–Crippen MR) is 127 cm³/mol. The highest BCUT2D eigenvalue weighted by Gasteiger charge is 2.34. The summed E-state index contributed by atoms with van der Waals surface area (Å²) in [6.07, 6.45) is 6.44. The van der Waals surface area contributed by atoms with E-state index in [0.717, 1.165) is 49.4 Å². The summed E-state index contributed by atoms with van der Waals surface area (Å²) in [6.45, 7) is 0.237. The number of ether oxygens (including phenoxy) is 2. The fourth-order valence-corrected chi connectivity index (χ4v) is 4.97. The van der Waals surface area contributed by atoms with Crippen LogP contribution in [0.4, 0.5) is 4.39 Å². The molecular formula is C25H25FN4O4S. The molecule has 0 saturated heterocycles. The van der Waals surface area contributed by atoms with Crippen LogP contribution in [-0.2, 0) is 11.3 Å². The predicted octanol–water partition coefficient (Wildman–Crippen LogP) is 4.24. The lowest BCUT2D eigenvalue weighted by molar-refractivity contribution is -0.127. The molecule has 0 radical (unpaired) electrons. The highest BCUT2D eigenvalue weighted by atomic mass is 32.1. The van der Waals surface area contributed by atoms with E-state index in [-0.39, 0.29) is 31.0 Å². The van der Waals surface area contributed by atoms with Crippen LogP contribution in [0.3, 0.4) is 0 Å². The van der Waals surface area contributed by atoms with Gasteiger partial charge in [-0.1, -0.05) is 37.5 Å². The van der Waals surface area contributed by atoms with E-state index in [1.54, 1.807) is 24.3 Å². The zero-order valence-electron chi connectivity index (χ0n) is 19.0. The maximum absolute atomic E-state index is 13.8. The Hall–Kier alpha value is -3.53. The molecule has 1 aliphatic carbocycles. The molecule has 1 aliphatic heterocycles. The van der Waals surface area contributed by atoms with Crippen molar-refractivity contribution in [2.24, 2.45) is 0 Å². The number of fused-ring (bicyclic) bond motifs is 1. The van der Waals surface area contributed by atoms with Gasteiger partial charge in [0.25, 0.3) is 5.91 Å². The molecule has 0 bridgehead atoms. The first kappa shape index (κ1) is 23.2. The maximum Gasteiger partial charge on any atom is 0.276 e. The van der Waals surface area contributed by atoms with E-state index in [0.29, 0.717) is 17.1 Å². The van der Waals surface area contributed by atoms with Crippen molar-refractivity contribution in [2.45, 2.75) is 50.7 Å². The van der Waals surface area contributed by atoms with Crippen molar-refractivity contribution in [1.82, 2.24) is 19.0 Å². The Morgan fingerprint density at radius 1 is 1.09 bits per heavy atom.